The molecular formula is C19H19FN4O. The first kappa shape index (κ1) is 15.6. The highest BCUT2D eigenvalue weighted by Gasteiger charge is 2.31. The van der Waals surface area contributed by atoms with Crippen LogP contribution in [0.15, 0.2) is 48.7 Å². The zero-order valence-electron chi connectivity index (χ0n) is 13.9. The third kappa shape index (κ3) is 2.84. The van der Waals surface area contributed by atoms with Crippen LogP contribution in [0.1, 0.15) is 34.9 Å². The second-order valence-corrected chi connectivity index (χ2v) is 6.38. The van der Waals surface area contributed by atoms with Gasteiger partial charge >= 0.3 is 0 Å². The maximum atomic E-state index is 13.2. The Bertz CT molecular complexity index is 896. The first-order valence-electron chi connectivity index (χ1n) is 8.37. The number of hydrogen-bond acceptors (Lipinski definition) is 2. The fraction of sp³-hybridized carbons (Fsp3) is 0.263. The molecule has 0 spiro atoms. The van der Waals surface area contributed by atoms with Crippen molar-refractivity contribution in [3.05, 3.63) is 65.7 Å². The lowest BCUT2D eigenvalue weighted by Crippen LogP contribution is -2.30. The fourth-order valence-electron chi connectivity index (χ4n) is 3.49. The Kier molecular flexibility index (Phi) is 3.87. The Labute approximate surface area is 145 Å². The van der Waals surface area contributed by atoms with Crippen molar-refractivity contribution in [2.24, 2.45) is 7.05 Å². The van der Waals surface area contributed by atoms with Crippen LogP contribution in [0.25, 0.3) is 11.4 Å². The minimum atomic E-state index is -0.264. The molecule has 3 heterocycles. The lowest BCUT2D eigenvalue weighted by molar-refractivity contribution is 0.0729. The Hall–Kier alpha value is -2.89. The molecule has 1 aromatic carbocycles. The highest BCUT2D eigenvalue weighted by Crippen LogP contribution is 2.33. The average Bonchev–Trinajstić information content (AvgIpc) is 3.35. The van der Waals surface area contributed by atoms with Gasteiger partial charge in [0.05, 0.1) is 11.7 Å². The minimum absolute atomic E-state index is 0.0186. The molecule has 1 N–H and O–H groups in total. The van der Waals surface area contributed by atoms with Gasteiger partial charge in [0.15, 0.2) is 0 Å². The molecule has 128 valence electrons. The predicted molar refractivity (Wildman–Crippen MR) is 92.4 cm³/mol. The van der Waals surface area contributed by atoms with Crippen LogP contribution in [-0.2, 0) is 7.05 Å². The maximum Gasteiger partial charge on any atom is 0.272 e. The van der Waals surface area contributed by atoms with Gasteiger partial charge in [-0.2, -0.15) is 5.10 Å². The van der Waals surface area contributed by atoms with E-state index in [1.807, 2.05) is 34.8 Å². The van der Waals surface area contributed by atoms with Crippen LogP contribution in [0, 0.1) is 5.82 Å². The molecule has 1 amide bonds. The van der Waals surface area contributed by atoms with Gasteiger partial charge in [-0.1, -0.05) is 12.1 Å². The van der Waals surface area contributed by atoms with Gasteiger partial charge in [0.2, 0.25) is 0 Å². The van der Waals surface area contributed by atoms with Crippen molar-refractivity contribution in [3.8, 4) is 11.4 Å². The van der Waals surface area contributed by atoms with Gasteiger partial charge in [0.1, 0.15) is 17.2 Å². The number of carbonyl (C=O) groups is 1. The number of halogens is 1. The number of benzene rings is 1. The van der Waals surface area contributed by atoms with Gasteiger partial charge in [-0.25, -0.2) is 4.39 Å². The van der Waals surface area contributed by atoms with E-state index >= 15 is 0 Å². The summed E-state index contributed by atoms with van der Waals surface area (Å²) in [6, 6.07) is 12.1. The number of rotatable bonds is 3. The number of amides is 1. The standard InChI is InChI=1S/C19H19FN4O/c1-23-10-2-5-18(23)15-12-16(22-21-15)19(25)24-11-3-4-17(24)13-6-8-14(20)9-7-13/h2,5-10,12,17H,3-4,11H2,1H3,(H,21,22)/t17-/m0/s1. The summed E-state index contributed by atoms with van der Waals surface area (Å²) in [6.45, 7) is 0.694. The van der Waals surface area contributed by atoms with Gasteiger partial charge in [0.25, 0.3) is 5.91 Å². The number of aromatic amines is 1. The molecule has 0 aliphatic carbocycles. The molecule has 25 heavy (non-hydrogen) atoms. The van der Waals surface area contributed by atoms with Gasteiger partial charge in [-0.15, -0.1) is 0 Å². The molecule has 1 atom stereocenters. The molecule has 6 heteroatoms. The van der Waals surface area contributed by atoms with E-state index in [1.165, 1.54) is 12.1 Å². The molecule has 1 fully saturated rings. The third-order valence-electron chi connectivity index (χ3n) is 4.78. The molecule has 1 aliphatic rings. The Morgan fingerprint density at radius 1 is 1.28 bits per heavy atom. The highest BCUT2D eigenvalue weighted by molar-refractivity contribution is 5.93. The number of aryl methyl sites for hydroxylation is 1. The summed E-state index contributed by atoms with van der Waals surface area (Å²) in [6.07, 6.45) is 3.76. The van der Waals surface area contributed by atoms with Crippen LogP contribution in [0.3, 0.4) is 0 Å². The van der Waals surface area contributed by atoms with Crippen LogP contribution in [0.5, 0.6) is 0 Å². The van der Waals surface area contributed by atoms with E-state index in [4.69, 9.17) is 0 Å². The Balaban J connectivity index is 1.59. The first-order valence-corrected chi connectivity index (χ1v) is 8.37. The van der Waals surface area contributed by atoms with Crippen molar-refractivity contribution < 1.29 is 9.18 Å². The van der Waals surface area contributed by atoms with E-state index in [0.29, 0.717) is 12.2 Å². The molecular weight excluding hydrogens is 319 g/mol. The number of carbonyl (C=O) groups excluding carboxylic acids is 1. The second-order valence-electron chi connectivity index (χ2n) is 6.38. The maximum absolute atomic E-state index is 13.2. The smallest absolute Gasteiger partial charge is 0.272 e. The lowest BCUT2D eigenvalue weighted by Gasteiger charge is -2.24. The summed E-state index contributed by atoms with van der Waals surface area (Å²) < 4.78 is 15.1. The van der Waals surface area contributed by atoms with E-state index in [-0.39, 0.29) is 17.8 Å². The predicted octanol–water partition coefficient (Wildman–Crippen LogP) is 3.53. The summed E-state index contributed by atoms with van der Waals surface area (Å²) in [5.41, 5.74) is 3.14. The van der Waals surface area contributed by atoms with Crippen LogP contribution < -0.4 is 0 Å². The van der Waals surface area contributed by atoms with Gasteiger partial charge in [-0.3, -0.25) is 9.89 Å². The van der Waals surface area contributed by atoms with Crippen molar-refractivity contribution in [3.63, 3.8) is 0 Å². The number of nitrogens with zero attached hydrogens (tertiary/aromatic N) is 3. The quantitative estimate of drug-likeness (QED) is 0.794. The monoisotopic (exact) mass is 338 g/mol. The molecule has 0 bridgehead atoms. The van der Waals surface area contributed by atoms with Gasteiger partial charge in [0, 0.05) is 19.8 Å². The average molecular weight is 338 g/mol. The van der Waals surface area contributed by atoms with Crippen molar-refractivity contribution in [1.82, 2.24) is 19.7 Å². The summed E-state index contributed by atoms with van der Waals surface area (Å²) >= 11 is 0. The molecule has 4 rings (SSSR count). The Morgan fingerprint density at radius 2 is 2.08 bits per heavy atom. The van der Waals surface area contributed by atoms with E-state index in [1.54, 1.807) is 18.2 Å². The van der Waals surface area contributed by atoms with Crippen LogP contribution in [0.4, 0.5) is 4.39 Å². The molecule has 1 saturated heterocycles. The lowest BCUT2D eigenvalue weighted by atomic mass is 10.0. The number of hydrogen-bond donors (Lipinski definition) is 1. The van der Waals surface area contributed by atoms with Crippen molar-refractivity contribution in [1.29, 1.82) is 0 Å². The van der Waals surface area contributed by atoms with E-state index in [0.717, 1.165) is 29.8 Å². The molecule has 3 aromatic rings. The summed E-state index contributed by atoms with van der Waals surface area (Å²) in [4.78, 5) is 14.8. The number of aromatic nitrogens is 3. The fourth-order valence-corrected chi connectivity index (χ4v) is 3.49. The van der Waals surface area contributed by atoms with Crippen LogP contribution in [0.2, 0.25) is 0 Å². The largest absolute Gasteiger partial charge is 0.349 e. The van der Waals surface area contributed by atoms with Crippen molar-refractivity contribution in [2.45, 2.75) is 18.9 Å². The third-order valence-corrected chi connectivity index (χ3v) is 4.78. The second kappa shape index (κ2) is 6.20. The van der Waals surface area contributed by atoms with Gasteiger partial charge in [-0.05, 0) is 48.7 Å². The number of H-pyrrole nitrogens is 1. The van der Waals surface area contributed by atoms with Crippen LogP contribution in [-0.4, -0.2) is 32.1 Å². The summed E-state index contributed by atoms with van der Waals surface area (Å²) in [5, 5.41) is 7.14. The van der Waals surface area contributed by atoms with E-state index < -0.39 is 0 Å². The van der Waals surface area contributed by atoms with Crippen molar-refractivity contribution >= 4 is 5.91 Å². The van der Waals surface area contributed by atoms with Crippen molar-refractivity contribution in [2.75, 3.05) is 6.54 Å². The molecule has 2 aromatic heterocycles. The SMILES string of the molecule is Cn1cccc1-c1cc(C(=O)N2CCC[C@H]2c2ccc(F)cc2)[nH]n1. The zero-order chi connectivity index (χ0) is 17.4. The van der Waals surface area contributed by atoms with Crippen LogP contribution >= 0.6 is 0 Å². The molecule has 5 nitrogen and oxygen atoms in total. The van der Waals surface area contributed by atoms with Gasteiger partial charge < -0.3 is 9.47 Å². The molecule has 0 unspecified atom stereocenters. The normalized spacial score (nSPS) is 17.2. The summed E-state index contributed by atoms with van der Waals surface area (Å²) in [7, 11) is 1.94. The topological polar surface area (TPSA) is 53.9 Å². The van der Waals surface area contributed by atoms with E-state index in [2.05, 4.69) is 10.2 Å². The first-order chi connectivity index (χ1) is 12.1. The molecule has 0 saturated carbocycles. The van der Waals surface area contributed by atoms with E-state index in [9.17, 15) is 9.18 Å². The highest BCUT2D eigenvalue weighted by atomic mass is 19.1. The molecule has 1 aliphatic heterocycles. The minimum Gasteiger partial charge on any atom is -0.349 e. The summed E-state index contributed by atoms with van der Waals surface area (Å²) in [5.74, 6) is -0.333. The number of likely N-dealkylation sites (tertiary alicyclic amines) is 1. The Morgan fingerprint density at radius 3 is 2.80 bits per heavy atom. The zero-order valence-corrected chi connectivity index (χ0v) is 13.9. The number of nitrogens with one attached hydrogen (secondary N) is 1. The molecule has 0 radical (unpaired) electrons.